The lowest BCUT2D eigenvalue weighted by atomic mass is 10.1. The highest BCUT2D eigenvalue weighted by molar-refractivity contribution is 7.90. The van der Waals surface area contributed by atoms with Crippen molar-refractivity contribution in [2.24, 2.45) is 0 Å². The number of benzene rings is 2. The van der Waals surface area contributed by atoms with Crippen LogP contribution in [-0.2, 0) is 9.84 Å². The van der Waals surface area contributed by atoms with E-state index in [1.54, 1.807) is 32.4 Å². The Bertz CT molecular complexity index is 1010. The zero-order chi connectivity index (χ0) is 21.9. The number of methoxy groups -OCH3 is 2. The quantitative estimate of drug-likeness (QED) is 0.612. The van der Waals surface area contributed by atoms with Crippen molar-refractivity contribution in [1.82, 2.24) is 5.32 Å². The first kappa shape index (κ1) is 25.4. The fourth-order valence-electron chi connectivity index (χ4n) is 3.67. The first-order valence-corrected chi connectivity index (χ1v) is 12.0. The maximum atomic E-state index is 12.4. The topological polar surface area (TPSA) is 79.9 Å². The summed E-state index contributed by atoms with van der Waals surface area (Å²) >= 11 is 6.26. The summed E-state index contributed by atoms with van der Waals surface area (Å²) in [4.78, 5) is 2.49. The molecular weight excluding hydrogens is 461 g/mol. The van der Waals surface area contributed by atoms with Crippen LogP contribution in [-0.4, -0.2) is 55.1 Å². The van der Waals surface area contributed by atoms with Crippen LogP contribution >= 0.6 is 24.0 Å². The van der Waals surface area contributed by atoms with Crippen molar-refractivity contribution in [2.45, 2.75) is 17.9 Å². The lowest BCUT2D eigenvalue weighted by molar-refractivity contribution is 0.350. The van der Waals surface area contributed by atoms with E-state index in [0.29, 0.717) is 22.2 Å². The number of nitrogens with one attached hydrogen (secondary N) is 2. The standard InChI is InChI=1S/C21H28ClN3O4S.ClH/c1-14(17-11-15(22)12-19(28-2)21(17)29-3)24-18-13-16(25-9-7-23-8-10-25)5-6-20(18)30(4,26)27;/h5-6,11-14,23-24H,7-10H2,1-4H3;1H/t14-;/m0./s1. The van der Waals surface area contributed by atoms with Gasteiger partial charge < -0.3 is 25.0 Å². The molecule has 0 bridgehead atoms. The van der Waals surface area contributed by atoms with E-state index >= 15 is 0 Å². The normalized spacial score (nSPS) is 15.1. The van der Waals surface area contributed by atoms with Crippen molar-refractivity contribution >= 4 is 45.2 Å². The minimum absolute atomic E-state index is 0. The summed E-state index contributed by atoms with van der Waals surface area (Å²) in [5.41, 5.74) is 2.30. The van der Waals surface area contributed by atoms with E-state index in [1.165, 1.54) is 6.26 Å². The Morgan fingerprint density at radius 1 is 1.13 bits per heavy atom. The molecule has 1 aliphatic heterocycles. The monoisotopic (exact) mass is 489 g/mol. The van der Waals surface area contributed by atoms with E-state index in [4.69, 9.17) is 21.1 Å². The van der Waals surface area contributed by atoms with Crippen molar-refractivity contribution in [1.29, 1.82) is 0 Å². The number of ether oxygens (including phenoxy) is 2. The number of halogens is 2. The van der Waals surface area contributed by atoms with Gasteiger partial charge in [-0.05, 0) is 31.2 Å². The molecule has 7 nitrogen and oxygen atoms in total. The molecule has 31 heavy (non-hydrogen) atoms. The number of anilines is 2. The van der Waals surface area contributed by atoms with E-state index in [1.807, 2.05) is 19.1 Å². The third-order valence-corrected chi connectivity index (χ3v) is 6.53. The van der Waals surface area contributed by atoms with Gasteiger partial charge in [-0.3, -0.25) is 0 Å². The summed E-state index contributed by atoms with van der Waals surface area (Å²) in [5, 5.41) is 7.18. The van der Waals surface area contributed by atoms with Crippen molar-refractivity contribution in [3.63, 3.8) is 0 Å². The van der Waals surface area contributed by atoms with Crippen molar-refractivity contribution in [3.05, 3.63) is 40.9 Å². The number of sulfone groups is 1. The maximum Gasteiger partial charge on any atom is 0.177 e. The highest BCUT2D eigenvalue weighted by Gasteiger charge is 2.22. The van der Waals surface area contributed by atoms with Gasteiger partial charge in [0, 0.05) is 54.8 Å². The van der Waals surface area contributed by atoms with Gasteiger partial charge in [0.25, 0.3) is 0 Å². The van der Waals surface area contributed by atoms with Gasteiger partial charge in [-0.25, -0.2) is 8.42 Å². The van der Waals surface area contributed by atoms with E-state index in [0.717, 1.165) is 37.4 Å². The second-order valence-electron chi connectivity index (χ2n) is 7.29. The summed E-state index contributed by atoms with van der Waals surface area (Å²) in [6.07, 6.45) is 1.21. The lowest BCUT2D eigenvalue weighted by Crippen LogP contribution is -2.43. The van der Waals surface area contributed by atoms with Gasteiger partial charge in [-0.15, -0.1) is 12.4 Å². The number of hydrogen-bond donors (Lipinski definition) is 2. The SMILES string of the molecule is COc1cc(Cl)cc([C@H](C)Nc2cc(N3CCNCC3)ccc2S(C)(=O)=O)c1OC.Cl. The molecule has 1 aliphatic rings. The van der Waals surface area contributed by atoms with Crippen LogP contribution in [0.3, 0.4) is 0 Å². The van der Waals surface area contributed by atoms with E-state index in [2.05, 4.69) is 15.5 Å². The molecule has 0 aromatic heterocycles. The van der Waals surface area contributed by atoms with Crippen LogP contribution in [0, 0.1) is 0 Å². The van der Waals surface area contributed by atoms with Gasteiger partial charge in [0.05, 0.1) is 30.8 Å². The molecule has 1 atom stereocenters. The predicted molar refractivity (Wildman–Crippen MR) is 128 cm³/mol. The van der Waals surface area contributed by atoms with Gasteiger partial charge in [-0.1, -0.05) is 11.6 Å². The van der Waals surface area contributed by atoms with Crippen LogP contribution in [0.1, 0.15) is 18.5 Å². The molecule has 1 heterocycles. The second-order valence-corrected chi connectivity index (χ2v) is 9.71. The van der Waals surface area contributed by atoms with Crippen LogP contribution in [0.5, 0.6) is 11.5 Å². The van der Waals surface area contributed by atoms with Gasteiger partial charge in [-0.2, -0.15) is 0 Å². The van der Waals surface area contributed by atoms with E-state index in [-0.39, 0.29) is 23.3 Å². The molecule has 2 N–H and O–H groups in total. The Morgan fingerprint density at radius 3 is 2.39 bits per heavy atom. The average Bonchev–Trinajstić information content (AvgIpc) is 2.72. The molecule has 172 valence electrons. The molecule has 2 aromatic rings. The fraction of sp³-hybridized carbons (Fsp3) is 0.429. The summed E-state index contributed by atoms with van der Waals surface area (Å²) in [6.45, 7) is 5.45. The van der Waals surface area contributed by atoms with Crippen molar-refractivity contribution < 1.29 is 17.9 Å². The molecule has 0 amide bonds. The first-order valence-electron chi connectivity index (χ1n) is 9.72. The molecule has 1 fully saturated rings. The number of piperazine rings is 1. The highest BCUT2D eigenvalue weighted by atomic mass is 35.5. The predicted octanol–water partition coefficient (Wildman–Crippen LogP) is 3.77. The Balaban J connectivity index is 0.00000341. The molecular formula is C21H29Cl2N3O4S. The minimum Gasteiger partial charge on any atom is -0.493 e. The number of rotatable bonds is 7. The number of hydrogen-bond acceptors (Lipinski definition) is 7. The molecule has 0 unspecified atom stereocenters. The maximum absolute atomic E-state index is 12.4. The second kappa shape index (κ2) is 10.6. The molecule has 0 spiro atoms. The Labute approximate surface area is 195 Å². The molecule has 1 saturated heterocycles. The van der Waals surface area contributed by atoms with Crippen molar-refractivity contribution in [2.75, 3.05) is 56.9 Å². The van der Waals surface area contributed by atoms with E-state index < -0.39 is 9.84 Å². The van der Waals surface area contributed by atoms with Crippen LogP contribution in [0.15, 0.2) is 35.2 Å². The third kappa shape index (κ3) is 5.88. The van der Waals surface area contributed by atoms with Gasteiger partial charge >= 0.3 is 0 Å². The van der Waals surface area contributed by atoms with E-state index in [9.17, 15) is 8.42 Å². The summed E-state index contributed by atoms with van der Waals surface area (Å²) in [6, 6.07) is 8.61. The Morgan fingerprint density at radius 2 is 1.81 bits per heavy atom. The van der Waals surface area contributed by atoms with Crippen LogP contribution in [0.25, 0.3) is 0 Å². The molecule has 10 heteroatoms. The highest BCUT2D eigenvalue weighted by Crippen LogP contribution is 2.39. The minimum atomic E-state index is -3.42. The lowest BCUT2D eigenvalue weighted by Gasteiger charge is -2.30. The van der Waals surface area contributed by atoms with Crippen molar-refractivity contribution in [3.8, 4) is 11.5 Å². The van der Waals surface area contributed by atoms with Crippen LogP contribution in [0.2, 0.25) is 5.02 Å². The van der Waals surface area contributed by atoms with Gasteiger partial charge in [0.15, 0.2) is 21.3 Å². The summed E-state index contributed by atoms with van der Waals surface area (Å²) in [5.74, 6) is 1.08. The van der Waals surface area contributed by atoms with Gasteiger partial charge in [0.1, 0.15) is 0 Å². The molecule has 0 radical (unpaired) electrons. The molecule has 3 rings (SSSR count). The first-order chi connectivity index (χ1) is 14.2. The zero-order valence-corrected chi connectivity index (χ0v) is 20.5. The summed E-state index contributed by atoms with van der Waals surface area (Å²) in [7, 11) is -0.306. The number of nitrogens with zero attached hydrogens (tertiary/aromatic N) is 1. The Hall–Kier alpha value is -1.87. The molecule has 2 aromatic carbocycles. The Kier molecular flexibility index (Phi) is 8.71. The average molecular weight is 490 g/mol. The fourth-order valence-corrected chi connectivity index (χ4v) is 4.71. The smallest absolute Gasteiger partial charge is 0.177 e. The molecule has 0 aliphatic carbocycles. The largest absolute Gasteiger partial charge is 0.493 e. The summed E-state index contributed by atoms with van der Waals surface area (Å²) < 4.78 is 35.7. The third-order valence-electron chi connectivity index (χ3n) is 5.16. The molecule has 0 saturated carbocycles. The van der Waals surface area contributed by atoms with Gasteiger partial charge in [0.2, 0.25) is 0 Å². The zero-order valence-electron chi connectivity index (χ0n) is 18.1. The van der Waals surface area contributed by atoms with Crippen LogP contribution < -0.4 is 25.0 Å². The van der Waals surface area contributed by atoms with Crippen LogP contribution in [0.4, 0.5) is 11.4 Å².